The van der Waals surface area contributed by atoms with E-state index < -0.39 is 0 Å². The maximum absolute atomic E-state index is 11.8. The zero-order chi connectivity index (χ0) is 10.1. The third-order valence-corrected chi connectivity index (χ3v) is 3.43. The van der Waals surface area contributed by atoms with Crippen LogP contribution in [0.5, 0.6) is 0 Å². The van der Waals surface area contributed by atoms with Crippen molar-refractivity contribution in [3.05, 3.63) is 0 Å². The summed E-state index contributed by atoms with van der Waals surface area (Å²) in [5.41, 5.74) is 0. The van der Waals surface area contributed by atoms with Gasteiger partial charge in [0, 0.05) is 32.7 Å². The SMILES string of the molecule is CC1C(=O)N(C)CCN1C1CCNC1. The molecule has 0 radical (unpaired) electrons. The van der Waals surface area contributed by atoms with E-state index in [4.69, 9.17) is 0 Å². The zero-order valence-electron chi connectivity index (χ0n) is 8.99. The van der Waals surface area contributed by atoms with Gasteiger partial charge in [-0.15, -0.1) is 0 Å². The van der Waals surface area contributed by atoms with E-state index >= 15 is 0 Å². The summed E-state index contributed by atoms with van der Waals surface area (Å²) in [6.45, 7) is 6.06. The lowest BCUT2D eigenvalue weighted by atomic mass is 10.1. The molecule has 1 amide bonds. The van der Waals surface area contributed by atoms with E-state index in [9.17, 15) is 4.79 Å². The lowest BCUT2D eigenvalue weighted by Gasteiger charge is -2.40. The summed E-state index contributed by atoms with van der Waals surface area (Å²) in [6, 6.07) is 0.640. The van der Waals surface area contributed by atoms with E-state index in [-0.39, 0.29) is 11.9 Å². The molecule has 2 unspecified atom stereocenters. The van der Waals surface area contributed by atoms with Crippen molar-refractivity contribution in [1.82, 2.24) is 15.1 Å². The van der Waals surface area contributed by atoms with E-state index in [2.05, 4.69) is 10.2 Å². The Kier molecular flexibility index (Phi) is 2.74. The molecule has 4 heteroatoms. The van der Waals surface area contributed by atoms with E-state index in [1.165, 1.54) is 6.42 Å². The van der Waals surface area contributed by atoms with Gasteiger partial charge in [-0.1, -0.05) is 0 Å². The number of rotatable bonds is 1. The van der Waals surface area contributed by atoms with Crippen LogP contribution in [0.15, 0.2) is 0 Å². The van der Waals surface area contributed by atoms with Crippen LogP contribution in [0.1, 0.15) is 13.3 Å². The van der Waals surface area contributed by atoms with Crippen LogP contribution in [0, 0.1) is 0 Å². The average molecular weight is 197 g/mol. The first-order valence-corrected chi connectivity index (χ1v) is 5.41. The average Bonchev–Trinajstić information content (AvgIpc) is 2.67. The monoisotopic (exact) mass is 197 g/mol. The maximum atomic E-state index is 11.8. The fourth-order valence-electron chi connectivity index (χ4n) is 2.45. The highest BCUT2D eigenvalue weighted by atomic mass is 16.2. The standard InChI is InChI=1S/C10H19N3O/c1-8-10(14)12(2)5-6-13(8)9-3-4-11-7-9/h8-9,11H,3-7H2,1-2H3. The molecule has 0 aromatic carbocycles. The van der Waals surface area contributed by atoms with Crippen LogP contribution in [0.2, 0.25) is 0 Å². The molecule has 80 valence electrons. The van der Waals surface area contributed by atoms with Crippen molar-refractivity contribution >= 4 is 5.91 Å². The van der Waals surface area contributed by atoms with Crippen molar-refractivity contribution in [2.75, 3.05) is 33.2 Å². The molecule has 0 saturated carbocycles. The molecule has 4 nitrogen and oxygen atoms in total. The maximum Gasteiger partial charge on any atom is 0.239 e. The molecule has 0 aromatic rings. The molecule has 2 heterocycles. The first-order chi connectivity index (χ1) is 6.70. The lowest BCUT2D eigenvalue weighted by molar-refractivity contribution is -0.140. The predicted octanol–water partition coefficient (Wildman–Crippen LogP) is -0.489. The second kappa shape index (κ2) is 3.87. The van der Waals surface area contributed by atoms with Crippen molar-refractivity contribution < 1.29 is 4.79 Å². The Morgan fingerprint density at radius 2 is 2.21 bits per heavy atom. The molecule has 2 rings (SSSR count). The number of nitrogens with one attached hydrogen (secondary N) is 1. The molecule has 2 aliphatic heterocycles. The van der Waals surface area contributed by atoms with Crippen molar-refractivity contribution in [3.63, 3.8) is 0 Å². The minimum absolute atomic E-state index is 0.0682. The third kappa shape index (κ3) is 1.64. The van der Waals surface area contributed by atoms with Crippen molar-refractivity contribution in [2.24, 2.45) is 0 Å². The fraction of sp³-hybridized carbons (Fsp3) is 0.900. The molecule has 2 aliphatic rings. The summed E-state index contributed by atoms with van der Waals surface area (Å²) in [5.74, 6) is 0.267. The minimum atomic E-state index is 0.0682. The summed E-state index contributed by atoms with van der Waals surface area (Å²) < 4.78 is 0. The van der Waals surface area contributed by atoms with Gasteiger partial charge in [-0.25, -0.2) is 0 Å². The molecule has 14 heavy (non-hydrogen) atoms. The normalized spacial score (nSPS) is 35.3. The third-order valence-electron chi connectivity index (χ3n) is 3.43. The van der Waals surface area contributed by atoms with Crippen LogP contribution >= 0.6 is 0 Å². The van der Waals surface area contributed by atoms with Gasteiger partial charge >= 0.3 is 0 Å². The van der Waals surface area contributed by atoms with Gasteiger partial charge in [0.05, 0.1) is 6.04 Å². The second-order valence-electron chi connectivity index (χ2n) is 4.32. The molecular weight excluding hydrogens is 178 g/mol. The summed E-state index contributed by atoms with van der Waals surface area (Å²) in [4.78, 5) is 15.9. The van der Waals surface area contributed by atoms with Crippen LogP contribution in [0.4, 0.5) is 0 Å². The smallest absolute Gasteiger partial charge is 0.239 e. The number of carbonyl (C=O) groups is 1. The Bertz CT molecular complexity index is 225. The summed E-state index contributed by atoms with van der Waals surface area (Å²) in [6.07, 6.45) is 1.18. The molecule has 0 spiro atoms. The highest BCUT2D eigenvalue weighted by Crippen LogP contribution is 2.17. The number of amides is 1. The second-order valence-corrected chi connectivity index (χ2v) is 4.32. The Labute approximate surface area is 85.2 Å². The lowest BCUT2D eigenvalue weighted by Crippen LogP contribution is -2.58. The number of hydrogen-bond acceptors (Lipinski definition) is 3. The number of nitrogens with zero attached hydrogens (tertiary/aromatic N) is 2. The molecular formula is C10H19N3O. The Hall–Kier alpha value is -0.610. The highest BCUT2D eigenvalue weighted by Gasteiger charge is 2.34. The molecule has 0 bridgehead atoms. The Morgan fingerprint density at radius 1 is 1.43 bits per heavy atom. The minimum Gasteiger partial charge on any atom is -0.343 e. The van der Waals surface area contributed by atoms with Crippen LogP contribution in [-0.2, 0) is 4.79 Å². The summed E-state index contributed by atoms with van der Waals surface area (Å²) in [5, 5.41) is 3.35. The van der Waals surface area contributed by atoms with E-state index in [1.807, 2.05) is 18.9 Å². The Morgan fingerprint density at radius 3 is 2.86 bits per heavy atom. The summed E-state index contributed by atoms with van der Waals surface area (Å²) in [7, 11) is 1.89. The van der Waals surface area contributed by atoms with Gasteiger partial charge in [0.15, 0.2) is 0 Å². The number of hydrogen-bond donors (Lipinski definition) is 1. The first kappa shape index (κ1) is 9.93. The topological polar surface area (TPSA) is 35.6 Å². The van der Waals surface area contributed by atoms with Crippen LogP contribution < -0.4 is 5.32 Å². The number of carbonyl (C=O) groups excluding carboxylic acids is 1. The van der Waals surface area contributed by atoms with Crippen LogP contribution in [-0.4, -0.2) is 61.0 Å². The van der Waals surface area contributed by atoms with Crippen LogP contribution in [0.3, 0.4) is 0 Å². The molecule has 1 N–H and O–H groups in total. The fourth-order valence-corrected chi connectivity index (χ4v) is 2.45. The number of piperazine rings is 1. The molecule has 2 atom stereocenters. The van der Waals surface area contributed by atoms with Gasteiger partial charge in [-0.3, -0.25) is 9.69 Å². The van der Waals surface area contributed by atoms with Gasteiger partial charge in [0.25, 0.3) is 0 Å². The van der Waals surface area contributed by atoms with Gasteiger partial charge in [0.2, 0.25) is 5.91 Å². The van der Waals surface area contributed by atoms with Gasteiger partial charge < -0.3 is 10.2 Å². The van der Waals surface area contributed by atoms with Gasteiger partial charge in [0.1, 0.15) is 0 Å². The zero-order valence-corrected chi connectivity index (χ0v) is 8.99. The van der Waals surface area contributed by atoms with E-state index in [0.717, 1.165) is 26.2 Å². The largest absolute Gasteiger partial charge is 0.343 e. The van der Waals surface area contributed by atoms with E-state index in [0.29, 0.717) is 6.04 Å². The van der Waals surface area contributed by atoms with Crippen molar-refractivity contribution in [1.29, 1.82) is 0 Å². The number of likely N-dealkylation sites (N-methyl/N-ethyl adjacent to an activating group) is 1. The molecule has 2 fully saturated rings. The quantitative estimate of drug-likeness (QED) is 0.616. The molecule has 2 saturated heterocycles. The highest BCUT2D eigenvalue weighted by molar-refractivity contribution is 5.82. The van der Waals surface area contributed by atoms with Gasteiger partial charge in [-0.2, -0.15) is 0 Å². The van der Waals surface area contributed by atoms with Crippen molar-refractivity contribution in [3.8, 4) is 0 Å². The molecule has 0 aliphatic carbocycles. The summed E-state index contributed by atoms with van der Waals surface area (Å²) >= 11 is 0. The Balaban J connectivity index is 2.02. The van der Waals surface area contributed by atoms with Crippen LogP contribution in [0.25, 0.3) is 0 Å². The molecule has 0 aromatic heterocycles. The first-order valence-electron chi connectivity index (χ1n) is 5.41. The van der Waals surface area contributed by atoms with Crippen molar-refractivity contribution in [2.45, 2.75) is 25.4 Å². The predicted molar refractivity (Wildman–Crippen MR) is 55.1 cm³/mol. The van der Waals surface area contributed by atoms with E-state index in [1.54, 1.807) is 0 Å². The van der Waals surface area contributed by atoms with Gasteiger partial charge in [-0.05, 0) is 19.9 Å².